The smallest absolute Gasteiger partial charge is 0.220 e. The molecule has 3 N–H and O–H groups in total. The summed E-state index contributed by atoms with van der Waals surface area (Å²) in [5.74, 6) is 0.0464. The molecule has 0 fully saturated rings. The number of nitrogens with zero attached hydrogens (tertiary/aromatic N) is 2. The Morgan fingerprint density at radius 1 is 1.35 bits per heavy atom. The summed E-state index contributed by atoms with van der Waals surface area (Å²) in [5, 5.41) is 7.07. The second kappa shape index (κ2) is 6.23. The van der Waals surface area contributed by atoms with Crippen molar-refractivity contribution in [3.8, 4) is 0 Å². The van der Waals surface area contributed by atoms with Crippen molar-refractivity contribution in [1.29, 1.82) is 0 Å². The highest BCUT2D eigenvalue weighted by atomic mass is 16.1. The number of rotatable bonds is 5. The quantitative estimate of drug-likeness (QED) is 0.811. The standard InChI is InChI=1S/C15H20N4O/c1-11-13(10-18-19(11)2)9-17-15(20)8-5-12-3-6-14(16)7-4-12/h3-4,6-7,10H,5,8-9,16H2,1-2H3,(H,17,20). The van der Waals surface area contributed by atoms with E-state index in [-0.39, 0.29) is 5.91 Å². The van der Waals surface area contributed by atoms with Gasteiger partial charge in [0.1, 0.15) is 0 Å². The summed E-state index contributed by atoms with van der Waals surface area (Å²) in [6, 6.07) is 7.61. The molecule has 1 heterocycles. The van der Waals surface area contributed by atoms with Gasteiger partial charge in [-0.15, -0.1) is 0 Å². The lowest BCUT2D eigenvalue weighted by atomic mass is 10.1. The maximum absolute atomic E-state index is 11.8. The van der Waals surface area contributed by atoms with Crippen LogP contribution in [0.15, 0.2) is 30.5 Å². The molecule has 1 aromatic carbocycles. The highest BCUT2D eigenvalue weighted by molar-refractivity contribution is 5.76. The molecule has 2 rings (SSSR count). The van der Waals surface area contributed by atoms with Crippen LogP contribution in [0.2, 0.25) is 0 Å². The summed E-state index contributed by atoms with van der Waals surface area (Å²) in [6.07, 6.45) is 2.98. The van der Waals surface area contributed by atoms with E-state index in [9.17, 15) is 4.79 Å². The van der Waals surface area contributed by atoms with Crippen molar-refractivity contribution in [3.05, 3.63) is 47.3 Å². The predicted octanol–water partition coefficient (Wildman–Crippen LogP) is 1.56. The zero-order valence-electron chi connectivity index (χ0n) is 11.9. The van der Waals surface area contributed by atoms with Gasteiger partial charge in [-0.3, -0.25) is 9.48 Å². The lowest BCUT2D eigenvalue weighted by molar-refractivity contribution is -0.121. The third-order valence-corrected chi connectivity index (χ3v) is 3.43. The first-order valence-electron chi connectivity index (χ1n) is 6.65. The number of anilines is 1. The highest BCUT2D eigenvalue weighted by Gasteiger charge is 2.06. The number of hydrogen-bond acceptors (Lipinski definition) is 3. The van der Waals surface area contributed by atoms with Gasteiger partial charge < -0.3 is 11.1 Å². The van der Waals surface area contributed by atoms with Gasteiger partial charge in [-0.05, 0) is 31.0 Å². The van der Waals surface area contributed by atoms with Gasteiger partial charge in [0.2, 0.25) is 5.91 Å². The van der Waals surface area contributed by atoms with Crippen LogP contribution >= 0.6 is 0 Å². The maximum atomic E-state index is 11.8. The third-order valence-electron chi connectivity index (χ3n) is 3.43. The van der Waals surface area contributed by atoms with Crippen LogP contribution in [0, 0.1) is 6.92 Å². The molecular weight excluding hydrogens is 252 g/mol. The Balaban J connectivity index is 1.78. The molecule has 0 saturated carbocycles. The molecule has 0 aliphatic carbocycles. The van der Waals surface area contributed by atoms with Crippen LogP contribution in [0.4, 0.5) is 5.69 Å². The minimum atomic E-state index is 0.0464. The zero-order chi connectivity index (χ0) is 14.5. The number of nitrogens with two attached hydrogens (primary N) is 1. The third kappa shape index (κ3) is 3.60. The van der Waals surface area contributed by atoms with Crippen LogP contribution in [-0.2, 0) is 24.8 Å². The van der Waals surface area contributed by atoms with Gasteiger partial charge in [0, 0.05) is 37.0 Å². The molecule has 1 aromatic heterocycles. The molecule has 106 valence electrons. The second-order valence-corrected chi connectivity index (χ2v) is 4.90. The van der Waals surface area contributed by atoms with Crippen LogP contribution in [-0.4, -0.2) is 15.7 Å². The van der Waals surface area contributed by atoms with E-state index in [2.05, 4.69) is 10.4 Å². The van der Waals surface area contributed by atoms with Crippen LogP contribution in [0.1, 0.15) is 23.2 Å². The number of carbonyl (C=O) groups excluding carboxylic acids is 1. The van der Waals surface area contributed by atoms with E-state index >= 15 is 0 Å². The molecule has 20 heavy (non-hydrogen) atoms. The molecule has 5 nitrogen and oxygen atoms in total. The fourth-order valence-corrected chi connectivity index (χ4v) is 1.94. The summed E-state index contributed by atoms with van der Waals surface area (Å²) in [4.78, 5) is 11.8. The van der Waals surface area contributed by atoms with Crippen molar-refractivity contribution in [2.45, 2.75) is 26.3 Å². The monoisotopic (exact) mass is 272 g/mol. The molecule has 0 aliphatic heterocycles. The second-order valence-electron chi connectivity index (χ2n) is 4.90. The summed E-state index contributed by atoms with van der Waals surface area (Å²) >= 11 is 0. The average Bonchev–Trinajstić information content (AvgIpc) is 2.76. The molecule has 0 radical (unpaired) electrons. The van der Waals surface area contributed by atoms with E-state index in [4.69, 9.17) is 5.73 Å². The predicted molar refractivity (Wildman–Crippen MR) is 79.0 cm³/mol. The Hall–Kier alpha value is -2.30. The molecule has 2 aromatic rings. The van der Waals surface area contributed by atoms with Crippen molar-refractivity contribution in [3.63, 3.8) is 0 Å². The van der Waals surface area contributed by atoms with E-state index in [1.165, 1.54) is 0 Å². The van der Waals surface area contributed by atoms with Crippen molar-refractivity contribution < 1.29 is 4.79 Å². The zero-order valence-corrected chi connectivity index (χ0v) is 11.9. The van der Waals surface area contributed by atoms with Crippen molar-refractivity contribution in [2.24, 2.45) is 7.05 Å². The summed E-state index contributed by atoms with van der Waals surface area (Å²) in [6.45, 7) is 2.52. The number of aryl methyl sites for hydroxylation is 2. The molecule has 0 unspecified atom stereocenters. The summed E-state index contributed by atoms with van der Waals surface area (Å²) < 4.78 is 1.80. The van der Waals surface area contributed by atoms with Gasteiger partial charge in [-0.1, -0.05) is 12.1 Å². The number of nitrogen functional groups attached to an aromatic ring is 1. The Labute approximate surface area is 118 Å². The van der Waals surface area contributed by atoms with Gasteiger partial charge in [0.25, 0.3) is 0 Å². The average molecular weight is 272 g/mol. The number of nitrogens with one attached hydrogen (secondary N) is 1. The molecule has 0 saturated heterocycles. The molecule has 0 bridgehead atoms. The van der Waals surface area contributed by atoms with Crippen LogP contribution in [0.5, 0.6) is 0 Å². The number of aromatic nitrogens is 2. The van der Waals surface area contributed by atoms with Crippen LogP contribution in [0.3, 0.4) is 0 Å². The van der Waals surface area contributed by atoms with Crippen molar-refractivity contribution >= 4 is 11.6 Å². The Morgan fingerprint density at radius 3 is 2.65 bits per heavy atom. The summed E-state index contributed by atoms with van der Waals surface area (Å²) in [7, 11) is 1.89. The topological polar surface area (TPSA) is 72.9 Å². The molecule has 0 aliphatic rings. The maximum Gasteiger partial charge on any atom is 0.220 e. The highest BCUT2D eigenvalue weighted by Crippen LogP contribution is 2.08. The van der Waals surface area contributed by atoms with Crippen molar-refractivity contribution in [1.82, 2.24) is 15.1 Å². The van der Waals surface area contributed by atoms with Gasteiger partial charge >= 0.3 is 0 Å². The lowest BCUT2D eigenvalue weighted by Gasteiger charge is -2.05. The Kier molecular flexibility index (Phi) is 4.40. The number of carbonyl (C=O) groups is 1. The fraction of sp³-hybridized carbons (Fsp3) is 0.333. The minimum absolute atomic E-state index is 0.0464. The van der Waals surface area contributed by atoms with Crippen LogP contribution < -0.4 is 11.1 Å². The largest absolute Gasteiger partial charge is 0.399 e. The summed E-state index contributed by atoms with van der Waals surface area (Å²) in [5.41, 5.74) is 9.60. The van der Waals surface area contributed by atoms with E-state index in [1.807, 2.05) is 38.2 Å². The van der Waals surface area contributed by atoms with Gasteiger partial charge in [-0.2, -0.15) is 5.10 Å². The van der Waals surface area contributed by atoms with E-state index in [0.717, 1.165) is 28.9 Å². The molecule has 0 spiro atoms. The molecule has 5 heteroatoms. The molecule has 0 atom stereocenters. The lowest BCUT2D eigenvalue weighted by Crippen LogP contribution is -2.23. The van der Waals surface area contributed by atoms with Gasteiger partial charge in [-0.25, -0.2) is 0 Å². The first-order valence-corrected chi connectivity index (χ1v) is 6.65. The normalized spacial score (nSPS) is 10.5. The van der Waals surface area contributed by atoms with Crippen molar-refractivity contribution in [2.75, 3.05) is 5.73 Å². The Bertz CT molecular complexity index is 586. The fourth-order valence-electron chi connectivity index (χ4n) is 1.94. The minimum Gasteiger partial charge on any atom is -0.399 e. The first kappa shape index (κ1) is 14.1. The van der Waals surface area contributed by atoms with Crippen LogP contribution in [0.25, 0.3) is 0 Å². The van der Waals surface area contributed by atoms with Gasteiger partial charge in [0.05, 0.1) is 6.20 Å². The van der Waals surface area contributed by atoms with E-state index in [1.54, 1.807) is 10.9 Å². The van der Waals surface area contributed by atoms with E-state index in [0.29, 0.717) is 13.0 Å². The Morgan fingerprint density at radius 2 is 2.05 bits per heavy atom. The number of benzene rings is 1. The number of amides is 1. The molecular formula is C15H20N4O. The van der Waals surface area contributed by atoms with E-state index < -0.39 is 0 Å². The van der Waals surface area contributed by atoms with Gasteiger partial charge in [0.15, 0.2) is 0 Å². The SMILES string of the molecule is Cc1c(CNC(=O)CCc2ccc(N)cc2)cnn1C. The number of hydrogen-bond donors (Lipinski definition) is 2. The first-order chi connectivity index (χ1) is 9.56. The molecule has 1 amide bonds.